The Morgan fingerprint density at radius 1 is 1.06 bits per heavy atom. The largest absolute Gasteiger partial charge is 0.445 e. The first-order chi connectivity index (χ1) is 15.1. The Balaban J connectivity index is 1.38. The van der Waals surface area contributed by atoms with E-state index in [1.54, 1.807) is 11.8 Å². The molecule has 7 heteroatoms. The minimum absolute atomic E-state index is 0.0861. The van der Waals surface area contributed by atoms with Gasteiger partial charge in [-0.05, 0) is 31.7 Å². The Morgan fingerprint density at radius 2 is 1.74 bits per heavy atom. The van der Waals surface area contributed by atoms with Gasteiger partial charge in [0, 0.05) is 32.1 Å². The number of oxazole rings is 1. The number of morpholine rings is 1. The van der Waals surface area contributed by atoms with Crippen LogP contribution in [0.5, 0.6) is 0 Å². The van der Waals surface area contributed by atoms with Gasteiger partial charge in [-0.1, -0.05) is 37.3 Å². The van der Waals surface area contributed by atoms with Gasteiger partial charge in [0.1, 0.15) is 5.76 Å². The molecule has 0 saturated carbocycles. The normalized spacial score (nSPS) is 18.8. The van der Waals surface area contributed by atoms with Crippen molar-refractivity contribution in [3.63, 3.8) is 0 Å². The van der Waals surface area contributed by atoms with E-state index < -0.39 is 0 Å². The minimum Gasteiger partial charge on any atom is -0.445 e. The van der Waals surface area contributed by atoms with Gasteiger partial charge in [-0.2, -0.15) is 0 Å². The molecule has 4 rings (SSSR count). The molecular weight excluding hydrogens is 394 g/mol. The lowest BCUT2D eigenvalue weighted by Gasteiger charge is -2.33. The van der Waals surface area contributed by atoms with Gasteiger partial charge >= 0.3 is 0 Å². The first-order valence-corrected chi connectivity index (χ1v) is 11.3. The zero-order valence-corrected chi connectivity index (χ0v) is 18.4. The van der Waals surface area contributed by atoms with Gasteiger partial charge in [-0.15, -0.1) is 0 Å². The van der Waals surface area contributed by atoms with Crippen LogP contribution in [0.4, 0.5) is 0 Å². The lowest BCUT2D eigenvalue weighted by Crippen LogP contribution is -2.41. The van der Waals surface area contributed by atoms with Crippen LogP contribution in [0.3, 0.4) is 0 Å². The fourth-order valence-electron chi connectivity index (χ4n) is 4.51. The monoisotopic (exact) mass is 425 g/mol. The van der Waals surface area contributed by atoms with E-state index in [1.165, 1.54) is 0 Å². The molecule has 0 aliphatic carbocycles. The Kier molecular flexibility index (Phi) is 6.70. The zero-order chi connectivity index (χ0) is 21.8. The van der Waals surface area contributed by atoms with Crippen molar-refractivity contribution < 1.29 is 18.7 Å². The summed E-state index contributed by atoms with van der Waals surface area (Å²) in [5.41, 5.74) is 1.48. The summed E-state index contributed by atoms with van der Waals surface area (Å²) in [4.78, 5) is 34.2. The maximum atomic E-state index is 13.1. The number of nitrogens with zero attached hydrogens (tertiary/aromatic N) is 3. The van der Waals surface area contributed by atoms with Crippen LogP contribution in [0, 0.1) is 6.92 Å². The molecule has 2 fully saturated rings. The highest BCUT2D eigenvalue weighted by Crippen LogP contribution is 2.31. The van der Waals surface area contributed by atoms with Crippen molar-refractivity contribution in [1.29, 1.82) is 0 Å². The molecule has 31 heavy (non-hydrogen) atoms. The SMILES string of the molecule is CCC(C(=O)N1CCC(c2nc(C(=O)N3CCOCC3)c(C)o2)CC1)c1ccccc1. The molecule has 0 N–H and O–H groups in total. The maximum Gasteiger partial charge on any atom is 0.276 e. The fourth-order valence-corrected chi connectivity index (χ4v) is 4.51. The highest BCUT2D eigenvalue weighted by atomic mass is 16.5. The number of rotatable bonds is 5. The minimum atomic E-state index is -0.0977. The first kappa shape index (κ1) is 21.6. The van der Waals surface area contributed by atoms with Gasteiger partial charge in [0.15, 0.2) is 11.6 Å². The summed E-state index contributed by atoms with van der Waals surface area (Å²) in [5, 5.41) is 0. The molecule has 2 aliphatic heterocycles. The highest BCUT2D eigenvalue weighted by Gasteiger charge is 2.32. The number of ether oxygens (including phenoxy) is 1. The summed E-state index contributed by atoms with van der Waals surface area (Å²) in [7, 11) is 0. The molecule has 2 amide bonds. The molecule has 0 spiro atoms. The molecule has 3 heterocycles. The van der Waals surface area contributed by atoms with E-state index in [0.29, 0.717) is 56.7 Å². The molecule has 1 unspecified atom stereocenters. The van der Waals surface area contributed by atoms with Crippen molar-refractivity contribution in [1.82, 2.24) is 14.8 Å². The number of benzene rings is 1. The zero-order valence-electron chi connectivity index (χ0n) is 18.4. The summed E-state index contributed by atoms with van der Waals surface area (Å²) >= 11 is 0. The van der Waals surface area contributed by atoms with Crippen LogP contribution in [-0.4, -0.2) is 66.0 Å². The number of carbonyl (C=O) groups excluding carboxylic acids is 2. The number of piperidine rings is 1. The maximum absolute atomic E-state index is 13.1. The topological polar surface area (TPSA) is 75.9 Å². The van der Waals surface area contributed by atoms with Gasteiger partial charge in [0.25, 0.3) is 5.91 Å². The van der Waals surface area contributed by atoms with Gasteiger partial charge in [-0.25, -0.2) is 4.98 Å². The van der Waals surface area contributed by atoms with Gasteiger partial charge in [0.05, 0.1) is 19.1 Å². The number of likely N-dealkylation sites (tertiary alicyclic amines) is 1. The second-order valence-corrected chi connectivity index (χ2v) is 8.33. The number of carbonyl (C=O) groups is 2. The first-order valence-electron chi connectivity index (χ1n) is 11.3. The highest BCUT2D eigenvalue weighted by molar-refractivity contribution is 5.93. The van der Waals surface area contributed by atoms with Gasteiger partial charge in [0.2, 0.25) is 5.91 Å². The molecular formula is C24H31N3O4. The summed E-state index contributed by atoms with van der Waals surface area (Å²) in [6.07, 6.45) is 2.37. The molecule has 2 saturated heterocycles. The molecule has 2 aromatic rings. The second kappa shape index (κ2) is 9.64. The van der Waals surface area contributed by atoms with Crippen LogP contribution in [0.25, 0.3) is 0 Å². The van der Waals surface area contributed by atoms with E-state index in [1.807, 2.05) is 35.2 Å². The third kappa shape index (κ3) is 4.66. The number of aryl methyl sites for hydroxylation is 1. The number of aromatic nitrogens is 1. The average Bonchev–Trinajstić information content (AvgIpc) is 3.22. The van der Waals surface area contributed by atoms with Crippen LogP contribution in [0.1, 0.15) is 65.7 Å². The molecule has 0 bridgehead atoms. The number of hydrogen-bond acceptors (Lipinski definition) is 5. The summed E-state index contributed by atoms with van der Waals surface area (Å²) in [5.74, 6) is 1.33. The molecule has 1 atom stereocenters. The van der Waals surface area contributed by atoms with Crippen LogP contribution >= 0.6 is 0 Å². The molecule has 2 aliphatic rings. The van der Waals surface area contributed by atoms with Crippen molar-refractivity contribution in [2.75, 3.05) is 39.4 Å². The van der Waals surface area contributed by atoms with E-state index in [9.17, 15) is 9.59 Å². The van der Waals surface area contributed by atoms with Crippen LogP contribution in [0.15, 0.2) is 34.7 Å². The summed E-state index contributed by atoms with van der Waals surface area (Å²) < 4.78 is 11.2. The smallest absolute Gasteiger partial charge is 0.276 e. The van der Waals surface area contributed by atoms with Crippen molar-refractivity contribution in [2.45, 2.75) is 44.9 Å². The van der Waals surface area contributed by atoms with Crippen LogP contribution in [-0.2, 0) is 9.53 Å². The standard InChI is InChI=1S/C24H31N3O4/c1-3-20(18-7-5-4-6-8-18)23(28)26-11-9-19(10-12-26)22-25-21(17(2)31-22)24(29)27-13-15-30-16-14-27/h4-8,19-20H,3,9-16H2,1-2H3. The third-order valence-corrected chi connectivity index (χ3v) is 6.38. The Morgan fingerprint density at radius 3 is 2.39 bits per heavy atom. The second-order valence-electron chi connectivity index (χ2n) is 8.33. The fraction of sp³-hybridized carbons (Fsp3) is 0.542. The van der Waals surface area contributed by atoms with E-state index in [2.05, 4.69) is 11.9 Å². The van der Waals surface area contributed by atoms with Crippen molar-refractivity contribution in [3.8, 4) is 0 Å². The van der Waals surface area contributed by atoms with E-state index >= 15 is 0 Å². The summed E-state index contributed by atoms with van der Waals surface area (Å²) in [6.45, 7) is 7.51. The van der Waals surface area contributed by atoms with Crippen molar-refractivity contribution in [3.05, 3.63) is 53.2 Å². The number of hydrogen-bond donors (Lipinski definition) is 0. The molecule has 1 aromatic carbocycles. The number of amides is 2. The quantitative estimate of drug-likeness (QED) is 0.734. The lowest BCUT2D eigenvalue weighted by atomic mass is 9.92. The Labute approximate surface area is 183 Å². The Bertz CT molecular complexity index is 897. The predicted octanol–water partition coefficient (Wildman–Crippen LogP) is 3.36. The molecule has 166 valence electrons. The van der Waals surface area contributed by atoms with E-state index in [4.69, 9.17) is 9.15 Å². The molecule has 0 radical (unpaired) electrons. The van der Waals surface area contributed by atoms with Gasteiger partial charge in [-0.3, -0.25) is 9.59 Å². The molecule has 1 aromatic heterocycles. The van der Waals surface area contributed by atoms with Crippen molar-refractivity contribution >= 4 is 11.8 Å². The van der Waals surface area contributed by atoms with Gasteiger partial charge < -0.3 is 19.0 Å². The third-order valence-electron chi connectivity index (χ3n) is 6.38. The molecule has 7 nitrogen and oxygen atoms in total. The van der Waals surface area contributed by atoms with Crippen molar-refractivity contribution in [2.24, 2.45) is 0 Å². The van der Waals surface area contributed by atoms with E-state index in [-0.39, 0.29) is 23.7 Å². The average molecular weight is 426 g/mol. The Hall–Kier alpha value is -2.67. The van der Waals surface area contributed by atoms with E-state index in [0.717, 1.165) is 24.8 Å². The lowest BCUT2D eigenvalue weighted by molar-refractivity contribution is -0.134. The predicted molar refractivity (Wildman–Crippen MR) is 116 cm³/mol. The summed E-state index contributed by atoms with van der Waals surface area (Å²) in [6, 6.07) is 10.0. The van der Waals surface area contributed by atoms with Crippen LogP contribution in [0.2, 0.25) is 0 Å². The van der Waals surface area contributed by atoms with Crippen LogP contribution < -0.4 is 0 Å².